The van der Waals surface area contributed by atoms with Crippen LogP contribution in [0.3, 0.4) is 0 Å². The minimum Gasteiger partial charge on any atom is -0.497 e. The number of aliphatic imine (C=N–C) groups is 1. The third-order valence-corrected chi connectivity index (χ3v) is 2.50. The molecule has 0 bridgehead atoms. The molecule has 0 fully saturated rings. The van der Waals surface area contributed by atoms with Gasteiger partial charge in [-0.15, -0.1) is 0 Å². The van der Waals surface area contributed by atoms with Crippen LogP contribution in [0.15, 0.2) is 23.2 Å². The molecule has 0 aliphatic rings. The zero-order valence-electron chi connectivity index (χ0n) is 11.1. The fourth-order valence-corrected chi connectivity index (χ4v) is 1.27. The maximum atomic E-state index is 11.6. The number of carbonyl (C=O) groups is 1. The predicted octanol–water partition coefficient (Wildman–Crippen LogP) is 2.09. The second-order valence-corrected chi connectivity index (χ2v) is 3.69. The summed E-state index contributed by atoms with van der Waals surface area (Å²) in [5.41, 5.74) is 0.945. The Labute approximate surface area is 107 Å². The normalized spacial score (nSPS) is 10.4. The van der Waals surface area contributed by atoms with Gasteiger partial charge in [0.1, 0.15) is 5.75 Å². The molecule has 1 rings (SSSR count). The number of hydrogen-bond acceptors (Lipinski definition) is 4. The molecule has 1 aromatic rings. The minimum atomic E-state index is -0.413. The number of esters is 1. The lowest BCUT2D eigenvalue weighted by atomic mass is 10.1. The lowest BCUT2D eigenvalue weighted by Crippen LogP contribution is -2.14. The van der Waals surface area contributed by atoms with E-state index in [1.807, 2.05) is 18.9 Å². The van der Waals surface area contributed by atoms with Crippen LogP contribution in [0.4, 0.5) is 5.69 Å². The maximum absolute atomic E-state index is 11.6. The summed E-state index contributed by atoms with van der Waals surface area (Å²) in [6.45, 7) is 2.85. The number of ether oxygens (including phenoxy) is 2. The summed E-state index contributed by atoms with van der Waals surface area (Å²) >= 11 is 0. The van der Waals surface area contributed by atoms with Gasteiger partial charge < -0.3 is 14.4 Å². The zero-order chi connectivity index (χ0) is 13.5. The molecular formula is C13H18N2O3. The molecule has 0 atom stereocenters. The SMILES string of the molecule is CCN(C)/C=N/c1cc(OC)ccc1C(=O)OC. The first kappa shape index (κ1) is 14.0. The molecule has 0 aliphatic heterocycles. The van der Waals surface area contributed by atoms with E-state index in [0.29, 0.717) is 17.0 Å². The molecule has 0 spiro atoms. The molecule has 18 heavy (non-hydrogen) atoms. The molecule has 0 saturated heterocycles. The van der Waals surface area contributed by atoms with Gasteiger partial charge in [0.05, 0.1) is 31.8 Å². The van der Waals surface area contributed by atoms with Crippen molar-refractivity contribution in [3.8, 4) is 5.75 Å². The number of nitrogens with zero attached hydrogens (tertiary/aromatic N) is 2. The van der Waals surface area contributed by atoms with E-state index in [1.54, 1.807) is 31.6 Å². The summed E-state index contributed by atoms with van der Waals surface area (Å²) in [6.07, 6.45) is 1.67. The third kappa shape index (κ3) is 3.48. The molecule has 0 amide bonds. The van der Waals surface area contributed by atoms with Crippen LogP contribution in [-0.4, -0.2) is 45.0 Å². The van der Waals surface area contributed by atoms with Gasteiger partial charge in [-0.3, -0.25) is 0 Å². The molecule has 0 heterocycles. The van der Waals surface area contributed by atoms with Crippen molar-refractivity contribution in [2.75, 3.05) is 27.8 Å². The number of hydrogen-bond donors (Lipinski definition) is 0. The van der Waals surface area contributed by atoms with Gasteiger partial charge in [-0.2, -0.15) is 0 Å². The fraction of sp³-hybridized carbons (Fsp3) is 0.385. The van der Waals surface area contributed by atoms with E-state index in [-0.39, 0.29) is 0 Å². The van der Waals surface area contributed by atoms with Crippen molar-refractivity contribution in [3.05, 3.63) is 23.8 Å². The number of carbonyl (C=O) groups excluding carboxylic acids is 1. The van der Waals surface area contributed by atoms with Crippen LogP contribution >= 0.6 is 0 Å². The van der Waals surface area contributed by atoms with Crippen LogP contribution in [0.1, 0.15) is 17.3 Å². The van der Waals surface area contributed by atoms with Crippen molar-refractivity contribution in [3.63, 3.8) is 0 Å². The Bertz CT molecular complexity index is 444. The topological polar surface area (TPSA) is 51.1 Å². The van der Waals surface area contributed by atoms with Crippen molar-refractivity contribution in [2.24, 2.45) is 4.99 Å². The Hall–Kier alpha value is -2.04. The number of methoxy groups -OCH3 is 2. The molecule has 0 radical (unpaired) electrons. The molecule has 0 aromatic heterocycles. The van der Waals surface area contributed by atoms with Crippen LogP contribution in [0.5, 0.6) is 5.75 Å². The van der Waals surface area contributed by atoms with Gasteiger partial charge in [0, 0.05) is 19.7 Å². The molecule has 98 valence electrons. The first-order chi connectivity index (χ1) is 8.62. The summed E-state index contributed by atoms with van der Waals surface area (Å²) in [6, 6.07) is 5.05. The molecule has 5 heteroatoms. The van der Waals surface area contributed by atoms with Gasteiger partial charge in [0.25, 0.3) is 0 Å². The smallest absolute Gasteiger partial charge is 0.340 e. The molecule has 0 aliphatic carbocycles. The first-order valence-corrected chi connectivity index (χ1v) is 5.63. The molecule has 0 unspecified atom stereocenters. The van der Waals surface area contributed by atoms with Crippen LogP contribution in [0.2, 0.25) is 0 Å². The van der Waals surface area contributed by atoms with E-state index in [4.69, 9.17) is 9.47 Å². The Kier molecular flexibility index (Phi) is 5.17. The summed E-state index contributed by atoms with van der Waals surface area (Å²) in [5.74, 6) is 0.234. The lowest BCUT2D eigenvalue weighted by molar-refractivity contribution is 0.0601. The first-order valence-electron chi connectivity index (χ1n) is 5.63. The van der Waals surface area contributed by atoms with E-state index < -0.39 is 5.97 Å². The van der Waals surface area contributed by atoms with Gasteiger partial charge in [-0.1, -0.05) is 0 Å². The maximum Gasteiger partial charge on any atom is 0.340 e. The van der Waals surface area contributed by atoms with E-state index >= 15 is 0 Å². The molecule has 0 N–H and O–H groups in total. The fourth-order valence-electron chi connectivity index (χ4n) is 1.27. The summed E-state index contributed by atoms with van der Waals surface area (Å²) < 4.78 is 9.83. The van der Waals surface area contributed by atoms with Crippen LogP contribution in [0, 0.1) is 0 Å². The van der Waals surface area contributed by atoms with Crippen LogP contribution in [-0.2, 0) is 4.74 Å². The van der Waals surface area contributed by atoms with Crippen molar-refractivity contribution in [1.29, 1.82) is 0 Å². The largest absolute Gasteiger partial charge is 0.497 e. The highest BCUT2D eigenvalue weighted by Crippen LogP contribution is 2.25. The van der Waals surface area contributed by atoms with Crippen LogP contribution < -0.4 is 4.74 Å². The lowest BCUT2D eigenvalue weighted by Gasteiger charge is -2.10. The highest BCUT2D eigenvalue weighted by Gasteiger charge is 2.12. The Morgan fingerprint density at radius 1 is 1.44 bits per heavy atom. The predicted molar refractivity (Wildman–Crippen MR) is 70.8 cm³/mol. The Morgan fingerprint density at radius 2 is 2.17 bits per heavy atom. The Balaban J connectivity index is 3.11. The monoisotopic (exact) mass is 250 g/mol. The standard InChI is InChI=1S/C13H18N2O3/c1-5-15(2)9-14-12-8-10(17-3)6-7-11(12)13(16)18-4/h6-9H,5H2,1-4H3/b14-9+. The Morgan fingerprint density at radius 3 is 2.72 bits per heavy atom. The second-order valence-electron chi connectivity index (χ2n) is 3.69. The van der Waals surface area contributed by atoms with Gasteiger partial charge in [-0.25, -0.2) is 9.79 Å². The molecule has 0 saturated carbocycles. The number of benzene rings is 1. The highest BCUT2D eigenvalue weighted by molar-refractivity contribution is 5.95. The molecular weight excluding hydrogens is 232 g/mol. The summed E-state index contributed by atoms with van der Waals surface area (Å²) in [7, 11) is 4.82. The van der Waals surface area contributed by atoms with E-state index in [1.165, 1.54) is 7.11 Å². The van der Waals surface area contributed by atoms with Gasteiger partial charge >= 0.3 is 5.97 Å². The van der Waals surface area contributed by atoms with Crippen LogP contribution in [0.25, 0.3) is 0 Å². The van der Waals surface area contributed by atoms with Gasteiger partial charge in [-0.05, 0) is 19.1 Å². The van der Waals surface area contributed by atoms with E-state index in [2.05, 4.69) is 4.99 Å². The van der Waals surface area contributed by atoms with Gasteiger partial charge in [0.15, 0.2) is 0 Å². The van der Waals surface area contributed by atoms with Gasteiger partial charge in [0.2, 0.25) is 0 Å². The summed E-state index contributed by atoms with van der Waals surface area (Å²) in [5, 5.41) is 0. The zero-order valence-corrected chi connectivity index (χ0v) is 11.1. The van der Waals surface area contributed by atoms with Crippen molar-refractivity contribution in [2.45, 2.75) is 6.92 Å². The van der Waals surface area contributed by atoms with Crippen molar-refractivity contribution < 1.29 is 14.3 Å². The minimum absolute atomic E-state index is 0.413. The van der Waals surface area contributed by atoms with E-state index in [0.717, 1.165) is 6.54 Å². The second kappa shape index (κ2) is 6.64. The highest BCUT2D eigenvalue weighted by atomic mass is 16.5. The summed E-state index contributed by atoms with van der Waals surface area (Å²) in [4.78, 5) is 17.8. The molecule has 5 nitrogen and oxygen atoms in total. The average molecular weight is 250 g/mol. The van der Waals surface area contributed by atoms with Crippen molar-refractivity contribution in [1.82, 2.24) is 4.90 Å². The molecule has 1 aromatic carbocycles. The third-order valence-electron chi connectivity index (χ3n) is 2.50. The average Bonchev–Trinajstić information content (AvgIpc) is 2.43. The van der Waals surface area contributed by atoms with E-state index in [9.17, 15) is 4.79 Å². The number of rotatable bonds is 5. The van der Waals surface area contributed by atoms with Crippen molar-refractivity contribution >= 4 is 18.0 Å². The quantitative estimate of drug-likeness (QED) is 0.456.